The molecule has 32 heavy (non-hydrogen) atoms. The van der Waals surface area contributed by atoms with Gasteiger partial charge in [-0.3, -0.25) is 0 Å². The third kappa shape index (κ3) is 3.76. The largest absolute Gasteiger partial charge is 0.463 e. The van der Waals surface area contributed by atoms with E-state index >= 15 is 0 Å². The topological polar surface area (TPSA) is 122 Å². The average Bonchev–Trinajstić information content (AvgIpc) is 3.24. The zero-order chi connectivity index (χ0) is 23.0. The maximum atomic E-state index is 13.2. The Labute approximate surface area is 186 Å². The average molecular weight is 442 g/mol. The van der Waals surface area contributed by atoms with Gasteiger partial charge >= 0.3 is 5.97 Å². The molecule has 2 N–H and O–H groups in total. The van der Waals surface area contributed by atoms with Gasteiger partial charge in [0.25, 0.3) is 0 Å². The minimum absolute atomic E-state index is 0.0546. The number of fused-ring (bicyclic) bond motifs is 1. The van der Waals surface area contributed by atoms with Crippen molar-refractivity contribution in [2.45, 2.75) is 51.2 Å². The van der Waals surface area contributed by atoms with Gasteiger partial charge < -0.3 is 34.2 Å². The van der Waals surface area contributed by atoms with E-state index in [9.17, 15) is 10.1 Å². The lowest BCUT2D eigenvalue weighted by Gasteiger charge is -2.34. The molecule has 3 heterocycles. The molecule has 0 aromatic heterocycles. The van der Waals surface area contributed by atoms with E-state index in [1.807, 2.05) is 6.07 Å². The second kappa shape index (κ2) is 8.56. The predicted molar refractivity (Wildman–Crippen MR) is 111 cm³/mol. The van der Waals surface area contributed by atoms with Crippen molar-refractivity contribution in [1.82, 2.24) is 0 Å². The van der Waals surface area contributed by atoms with E-state index in [2.05, 4.69) is 6.07 Å². The van der Waals surface area contributed by atoms with Crippen molar-refractivity contribution in [2.24, 2.45) is 11.7 Å². The van der Waals surface area contributed by atoms with E-state index in [4.69, 9.17) is 34.2 Å². The summed E-state index contributed by atoms with van der Waals surface area (Å²) >= 11 is 0. The van der Waals surface area contributed by atoms with E-state index in [1.165, 1.54) is 7.11 Å². The maximum absolute atomic E-state index is 13.2. The van der Waals surface area contributed by atoms with E-state index in [-0.39, 0.29) is 29.4 Å². The fraction of sp³-hybridized carbons (Fsp3) is 0.478. The summed E-state index contributed by atoms with van der Waals surface area (Å²) in [4.78, 5) is 13.2. The second-order valence-corrected chi connectivity index (χ2v) is 8.07. The number of nitrogens with zero attached hydrogens (tertiary/aromatic N) is 1. The molecule has 1 aromatic rings. The third-order valence-electron chi connectivity index (χ3n) is 5.62. The van der Waals surface area contributed by atoms with Crippen molar-refractivity contribution in [2.75, 3.05) is 13.7 Å². The Morgan fingerprint density at radius 3 is 2.56 bits per heavy atom. The Morgan fingerprint density at radius 1 is 1.22 bits per heavy atom. The molecule has 3 aliphatic heterocycles. The molecular weight excluding hydrogens is 416 g/mol. The van der Waals surface area contributed by atoms with Crippen LogP contribution in [0.15, 0.2) is 47.4 Å². The van der Waals surface area contributed by atoms with Crippen molar-refractivity contribution in [1.29, 1.82) is 5.26 Å². The van der Waals surface area contributed by atoms with Gasteiger partial charge in [-0.15, -0.1) is 0 Å². The highest BCUT2D eigenvalue weighted by atomic mass is 16.8. The number of rotatable bonds is 5. The molecule has 9 nitrogen and oxygen atoms in total. The maximum Gasteiger partial charge on any atom is 0.338 e. The zero-order valence-electron chi connectivity index (χ0n) is 18.4. The van der Waals surface area contributed by atoms with Crippen molar-refractivity contribution < 1.29 is 33.2 Å². The van der Waals surface area contributed by atoms with Crippen LogP contribution in [0.1, 0.15) is 26.3 Å². The Balaban J connectivity index is 1.84. The molecule has 0 amide bonds. The van der Waals surface area contributed by atoms with Gasteiger partial charge in [-0.2, -0.15) is 5.26 Å². The molecule has 2 fully saturated rings. The van der Waals surface area contributed by atoms with Gasteiger partial charge in [0, 0.05) is 12.7 Å². The van der Waals surface area contributed by atoms with Gasteiger partial charge in [-0.1, -0.05) is 30.3 Å². The van der Waals surface area contributed by atoms with Crippen LogP contribution in [0.5, 0.6) is 0 Å². The minimum Gasteiger partial charge on any atom is -0.463 e. The van der Waals surface area contributed by atoms with Crippen molar-refractivity contribution in [3.8, 4) is 6.07 Å². The number of carbonyl (C=O) groups is 1. The standard InChI is InChI=1S/C23H26N2O7/c1-5-28-21(26)15-14(17-18(27-4)19-22(30-17)32-23(2,3)31-19)13(11-24)20(25)29-16(15)12-9-7-6-8-10-12/h6-10,14,17-19,22H,5,25H2,1-4H3/t14-,17+,18-,19+,22+/m0/s1. The number of carbonyl (C=O) groups excluding carboxylic acids is 1. The molecule has 170 valence electrons. The summed E-state index contributed by atoms with van der Waals surface area (Å²) in [5.74, 6) is -2.29. The van der Waals surface area contributed by atoms with Gasteiger partial charge in [0.15, 0.2) is 12.1 Å². The van der Waals surface area contributed by atoms with Crippen molar-refractivity contribution >= 4 is 11.7 Å². The number of nitrogens with two attached hydrogens (primary N) is 1. The first kappa shape index (κ1) is 22.3. The Hall–Kier alpha value is -2.90. The van der Waals surface area contributed by atoms with Crippen molar-refractivity contribution in [3.63, 3.8) is 0 Å². The summed E-state index contributed by atoms with van der Waals surface area (Å²) in [6.45, 7) is 5.40. The predicted octanol–water partition coefficient (Wildman–Crippen LogP) is 2.19. The van der Waals surface area contributed by atoms with Crippen LogP contribution in [0.3, 0.4) is 0 Å². The molecule has 1 aromatic carbocycles. The first-order valence-corrected chi connectivity index (χ1v) is 10.4. The Kier molecular flexibility index (Phi) is 5.97. The van der Waals surface area contributed by atoms with Crippen molar-refractivity contribution in [3.05, 3.63) is 52.9 Å². The number of benzene rings is 1. The molecule has 0 unspecified atom stereocenters. The SMILES string of the molecule is CCOC(=O)C1=C(c2ccccc2)OC(N)=C(C#N)[C@@H]1[C@H]1O[C@@H]2OC(C)(C)O[C@@H]2[C@H]1OC. The smallest absolute Gasteiger partial charge is 0.338 e. The molecule has 9 heteroatoms. The summed E-state index contributed by atoms with van der Waals surface area (Å²) in [6.07, 6.45) is -2.72. The summed E-state index contributed by atoms with van der Waals surface area (Å²) in [7, 11) is 1.52. The van der Waals surface area contributed by atoms with E-state index < -0.39 is 42.3 Å². The first-order chi connectivity index (χ1) is 15.3. The van der Waals surface area contributed by atoms with Crippen LogP contribution < -0.4 is 5.73 Å². The summed E-state index contributed by atoms with van der Waals surface area (Å²) in [5, 5.41) is 9.92. The highest BCUT2D eigenvalue weighted by Gasteiger charge is 2.59. The van der Waals surface area contributed by atoms with E-state index in [0.717, 1.165) is 0 Å². The molecule has 0 radical (unpaired) electrons. The number of esters is 1. The molecule has 5 atom stereocenters. The van der Waals surface area contributed by atoms with Crippen LogP contribution in [-0.2, 0) is 33.2 Å². The van der Waals surface area contributed by atoms with Crippen LogP contribution in [0.25, 0.3) is 5.76 Å². The zero-order valence-corrected chi connectivity index (χ0v) is 18.4. The van der Waals surface area contributed by atoms with E-state index in [1.54, 1.807) is 45.0 Å². The fourth-order valence-corrected chi connectivity index (χ4v) is 4.39. The molecule has 0 saturated carbocycles. The van der Waals surface area contributed by atoms with Gasteiger partial charge in [0.05, 0.1) is 23.7 Å². The van der Waals surface area contributed by atoms with Crippen LogP contribution in [0.4, 0.5) is 0 Å². The molecule has 0 aliphatic carbocycles. The fourth-order valence-electron chi connectivity index (χ4n) is 4.39. The first-order valence-electron chi connectivity index (χ1n) is 10.4. The lowest BCUT2D eigenvalue weighted by molar-refractivity contribution is -0.220. The number of hydrogen-bond acceptors (Lipinski definition) is 9. The quantitative estimate of drug-likeness (QED) is 0.684. The lowest BCUT2D eigenvalue weighted by atomic mass is 9.81. The highest BCUT2D eigenvalue weighted by molar-refractivity contribution is 5.98. The second-order valence-electron chi connectivity index (χ2n) is 8.07. The van der Waals surface area contributed by atoms with Crippen LogP contribution in [0.2, 0.25) is 0 Å². The monoisotopic (exact) mass is 442 g/mol. The molecule has 3 aliphatic rings. The number of ether oxygens (including phenoxy) is 6. The minimum atomic E-state index is -0.908. The van der Waals surface area contributed by atoms with Gasteiger partial charge in [-0.05, 0) is 20.8 Å². The summed E-state index contributed by atoms with van der Waals surface area (Å²) < 4.78 is 34.9. The molecule has 0 bridgehead atoms. The Morgan fingerprint density at radius 2 is 1.94 bits per heavy atom. The van der Waals surface area contributed by atoms with Gasteiger partial charge in [0.1, 0.15) is 30.1 Å². The molecule has 2 saturated heterocycles. The Bertz CT molecular complexity index is 995. The van der Waals surface area contributed by atoms with E-state index in [0.29, 0.717) is 5.56 Å². The lowest BCUT2D eigenvalue weighted by Crippen LogP contribution is -2.43. The highest BCUT2D eigenvalue weighted by Crippen LogP contribution is 2.47. The molecule has 0 spiro atoms. The third-order valence-corrected chi connectivity index (χ3v) is 5.62. The normalized spacial score (nSPS) is 31.2. The van der Waals surface area contributed by atoms with Gasteiger partial charge in [0.2, 0.25) is 5.88 Å². The van der Waals surface area contributed by atoms with Crippen LogP contribution in [-0.4, -0.2) is 50.1 Å². The molecular formula is C23H26N2O7. The molecule has 4 rings (SSSR count). The van der Waals surface area contributed by atoms with Crippen LogP contribution in [0, 0.1) is 17.2 Å². The summed E-state index contributed by atoms with van der Waals surface area (Å²) in [5.41, 5.74) is 6.95. The van der Waals surface area contributed by atoms with Crippen LogP contribution >= 0.6 is 0 Å². The number of methoxy groups -OCH3 is 1. The number of nitriles is 1. The van der Waals surface area contributed by atoms with Gasteiger partial charge in [-0.25, -0.2) is 4.79 Å². The summed E-state index contributed by atoms with van der Waals surface area (Å²) in [6, 6.07) is 11.1. The number of hydrogen-bond donors (Lipinski definition) is 1.